The fourth-order valence-electron chi connectivity index (χ4n) is 2.12. The highest BCUT2D eigenvalue weighted by Crippen LogP contribution is 2.61. The van der Waals surface area contributed by atoms with Gasteiger partial charge in [-0.15, -0.1) is 0 Å². The smallest absolute Gasteiger partial charge is 0.363 e. The van der Waals surface area contributed by atoms with Crippen LogP contribution in [0.2, 0.25) is 0 Å². The first kappa shape index (κ1) is 22.8. The molecule has 0 saturated heterocycles. The molecule has 0 aliphatic carbocycles. The summed E-state index contributed by atoms with van der Waals surface area (Å²) < 4.78 is 40.2. The molecule has 0 bridgehead atoms. The van der Waals surface area contributed by atoms with E-state index in [4.69, 9.17) is 23.3 Å². The molecule has 0 radical (unpaired) electrons. The Morgan fingerprint density at radius 3 is 1.62 bits per heavy atom. The zero-order valence-corrected chi connectivity index (χ0v) is 17.5. The number of benzene rings is 1. The average Bonchev–Trinajstić information content (AvgIpc) is 2.62. The van der Waals surface area contributed by atoms with Gasteiger partial charge < -0.3 is 28.4 Å². The quantitative estimate of drug-likeness (QED) is 0.566. The molecule has 1 atom stereocenters. The second kappa shape index (κ2) is 10.2. The van der Waals surface area contributed by atoms with Crippen molar-refractivity contribution in [1.29, 1.82) is 0 Å². The number of ether oxygens (including phenoxy) is 3. The highest BCUT2D eigenvalue weighted by atomic mass is 31.2. The van der Waals surface area contributed by atoms with Crippen LogP contribution in [0.5, 0.6) is 17.2 Å². The van der Waals surface area contributed by atoms with Gasteiger partial charge in [-0.25, -0.2) is 0 Å². The number of aliphatic hydroxyl groups is 1. The molecule has 150 valence electrons. The third-order valence-corrected chi connectivity index (χ3v) is 5.38. The number of rotatable bonds is 11. The lowest BCUT2D eigenvalue weighted by atomic mass is 10.2. The summed E-state index contributed by atoms with van der Waals surface area (Å²) in [6.45, 7) is 8.13. The standard InChI is InChI=1S/C18H31O7P/c1-12(2)10-24-26(20,25-11-13(3)4)18(19)14-8-15(21-5)17(23-7)16(9-14)22-6/h8-9,12-13,18-19H,10-11H2,1-7H3/t18-/m0/s1. The van der Waals surface area contributed by atoms with E-state index in [9.17, 15) is 9.67 Å². The summed E-state index contributed by atoms with van der Waals surface area (Å²) in [7, 11) is 0.604. The van der Waals surface area contributed by atoms with Crippen LogP contribution in [-0.4, -0.2) is 39.6 Å². The summed E-state index contributed by atoms with van der Waals surface area (Å²) in [6.07, 6.45) is 0. The summed E-state index contributed by atoms with van der Waals surface area (Å²) >= 11 is 0. The molecular formula is C18H31O7P. The number of hydrogen-bond acceptors (Lipinski definition) is 7. The third kappa shape index (κ3) is 5.88. The van der Waals surface area contributed by atoms with E-state index in [1.165, 1.54) is 33.5 Å². The van der Waals surface area contributed by atoms with Gasteiger partial charge in [0.1, 0.15) is 0 Å². The lowest BCUT2D eigenvalue weighted by Gasteiger charge is -2.26. The summed E-state index contributed by atoms with van der Waals surface area (Å²) in [6, 6.07) is 3.08. The van der Waals surface area contributed by atoms with Crippen molar-refractivity contribution < 1.29 is 32.9 Å². The normalized spacial score (nSPS) is 13.2. The fourth-order valence-corrected chi connectivity index (χ4v) is 4.00. The minimum Gasteiger partial charge on any atom is -0.493 e. The lowest BCUT2D eigenvalue weighted by molar-refractivity contribution is 0.124. The predicted octanol–water partition coefficient (Wildman–Crippen LogP) is 4.24. The topological polar surface area (TPSA) is 83.5 Å². The van der Waals surface area contributed by atoms with Gasteiger partial charge in [0, 0.05) is 5.56 Å². The number of methoxy groups -OCH3 is 3. The minimum atomic E-state index is -3.82. The molecular weight excluding hydrogens is 359 g/mol. The molecule has 1 aromatic rings. The van der Waals surface area contributed by atoms with Crippen LogP contribution in [0.25, 0.3) is 0 Å². The third-order valence-electron chi connectivity index (χ3n) is 3.46. The number of hydrogen-bond donors (Lipinski definition) is 1. The second-order valence-electron chi connectivity index (χ2n) is 6.75. The summed E-state index contributed by atoms with van der Waals surface area (Å²) in [4.78, 5) is 0. The monoisotopic (exact) mass is 390 g/mol. The molecule has 0 spiro atoms. The van der Waals surface area contributed by atoms with Crippen molar-refractivity contribution in [3.05, 3.63) is 17.7 Å². The van der Waals surface area contributed by atoms with Gasteiger partial charge in [-0.3, -0.25) is 4.57 Å². The van der Waals surface area contributed by atoms with Crippen LogP contribution in [0.15, 0.2) is 12.1 Å². The van der Waals surface area contributed by atoms with Crippen LogP contribution in [0.4, 0.5) is 0 Å². The molecule has 1 N–H and O–H groups in total. The van der Waals surface area contributed by atoms with Crippen LogP contribution < -0.4 is 14.2 Å². The summed E-state index contributed by atoms with van der Waals surface area (Å²) in [5.74, 6) is -0.128. The van der Waals surface area contributed by atoms with Gasteiger partial charge in [0.15, 0.2) is 17.3 Å². The van der Waals surface area contributed by atoms with Gasteiger partial charge in [0.05, 0.1) is 34.5 Å². The first-order chi connectivity index (χ1) is 12.2. The molecule has 0 unspecified atom stereocenters. The summed E-state index contributed by atoms with van der Waals surface area (Å²) in [5.41, 5.74) is 0.301. The van der Waals surface area contributed by atoms with E-state index in [0.29, 0.717) is 22.8 Å². The maximum atomic E-state index is 13.3. The molecule has 1 rings (SSSR count). The second-order valence-corrected chi connectivity index (χ2v) is 8.84. The minimum absolute atomic E-state index is 0.137. The van der Waals surface area contributed by atoms with Crippen LogP contribution in [0, 0.1) is 11.8 Å². The van der Waals surface area contributed by atoms with Crippen molar-refractivity contribution in [2.45, 2.75) is 33.5 Å². The SMILES string of the molecule is COc1cc([C@@H](O)P(=O)(OCC(C)C)OCC(C)C)cc(OC)c1OC. The van der Waals surface area contributed by atoms with Crippen LogP contribution >= 0.6 is 7.60 Å². The van der Waals surface area contributed by atoms with Crippen LogP contribution in [0.3, 0.4) is 0 Å². The molecule has 0 heterocycles. The highest BCUT2D eigenvalue weighted by Gasteiger charge is 2.37. The first-order valence-electron chi connectivity index (χ1n) is 8.55. The van der Waals surface area contributed by atoms with Gasteiger partial charge in [0.2, 0.25) is 5.75 Å². The van der Waals surface area contributed by atoms with E-state index in [-0.39, 0.29) is 25.0 Å². The molecule has 0 aromatic heterocycles. The van der Waals surface area contributed by atoms with Gasteiger partial charge in [-0.1, -0.05) is 27.7 Å². The molecule has 1 aromatic carbocycles. The Labute approximate surface area is 156 Å². The van der Waals surface area contributed by atoms with Crippen LogP contribution in [0.1, 0.15) is 39.1 Å². The fraction of sp³-hybridized carbons (Fsp3) is 0.667. The Morgan fingerprint density at radius 1 is 0.885 bits per heavy atom. The van der Waals surface area contributed by atoms with E-state index in [2.05, 4.69) is 0 Å². The van der Waals surface area contributed by atoms with Crippen molar-refractivity contribution in [3.63, 3.8) is 0 Å². The van der Waals surface area contributed by atoms with Gasteiger partial charge in [0.25, 0.3) is 0 Å². The van der Waals surface area contributed by atoms with E-state index in [0.717, 1.165) is 0 Å². The summed E-state index contributed by atoms with van der Waals surface area (Å²) in [5, 5.41) is 10.8. The van der Waals surface area contributed by atoms with E-state index in [1.807, 2.05) is 27.7 Å². The molecule has 0 saturated carbocycles. The zero-order valence-electron chi connectivity index (χ0n) is 16.6. The van der Waals surface area contributed by atoms with Crippen LogP contribution in [-0.2, 0) is 13.6 Å². The first-order valence-corrected chi connectivity index (χ1v) is 10.2. The van der Waals surface area contributed by atoms with Gasteiger partial charge in [-0.2, -0.15) is 0 Å². The Morgan fingerprint density at radius 2 is 1.31 bits per heavy atom. The Bertz CT molecular complexity index is 575. The largest absolute Gasteiger partial charge is 0.493 e. The Hall–Kier alpha value is -1.27. The van der Waals surface area contributed by atoms with Crippen molar-refractivity contribution in [1.82, 2.24) is 0 Å². The molecule has 0 amide bonds. The Balaban J connectivity index is 3.28. The highest BCUT2D eigenvalue weighted by molar-refractivity contribution is 7.54. The van der Waals surface area contributed by atoms with Crippen molar-refractivity contribution >= 4 is 7.60 Å². The van der Waals surface area contributed by atoms with E-state index < -0.39 is 13.4 Å². The zero-order chi connectivity index (χ0) is 19.9. The molecule has 8 heteroatoms. The molecule has 0 aliphatic heterocycles. The molecule has 0 aliphatic rings. The average molecular weight is 390 g/mol. The van der Waals surface area contributed by atoms with Gasteiger partial charge >= 0.3 is 7.60 Å². The molecule has 26 heavy (non-hydrogen) atoms. The van der Waals surface area contributed by atoms with Crippen molar-refractivity contribution in [2.75, 3.05) is 34.5 Å². The maximum absolute atomic E-state index is 13.3. The van der Waals surface area contributed by atoms with E-state index in [1.54, 1.807) is 0 Å². The molecule has 0 fully saturated rings. The Kier molecular flexibility index (Phi) is 8.90. The van der Waals surface area contributed by atoms with Crippen molar-refractivity contribution in [2.24, 2.45) is 11.8 Å². The van der Waals surface area contributed by atoms with E-state index >= 15 is 0 Å². The van der Waals surface area contributed by atoms with Gasteiger partial charge in [-0.05, 0) is 24.0 Å². The lowest BCUT2D eigenvalue weighted by Crippen LogP contribution is -2.12. The molecule has 7 nitrogen and oxygen atoms in total. The maximum Gasteiger partial charge on any atom is 0.363 e. The number of aliphatic hydroxyl groups excluding tert-OH is 1. The predicted molar refractivity (Wildman–Crippen MR) is 100 cm³/mol. The van der Waals surface area contributed by atoms with Crippen molar-refractivity contribution in [3.8, 4) is 17.2 Å².